The Morgan fingerprint density at radius 1 is 0.763 bits per heavy atom. The van der Waals surface area contributed by atoms with E-state index in [1.807, 2.05) is 35.6 Å². The molecule has 0 saturated carbocycles. The number of nitrogens with zero attached hydrogens (tertiary/aromatic N) is 1. The highest BCUT2D eigenvalue weighted by molar-refractivity contribution is 6.04. The van der Waals surface area contributed by atoms with E-state index in [1.54, 1.807) is 25.1 Å². The van der Waals surface area contributed by atoms with Gasteiger partial charge in [0.1, 0.15) is 0 Å². The summed E-state index contributed by atoms with van der Waals surface area (Å²) >= 11 is 0. The summed E-state index contributed by atoms with van der Waals surface area (Å²) < 4.78 is 78.5. The Balaban J connectivity index is 1.76. The van der Waals surface area contributed by atoms with E-state index in [0.717, 1.165) is 5.56 Å². The minimum Gasteiger partial charge on any atom is -0.377 e. The molecule has 12 heteroatoms. The lowest BCUT2D eigenvalue weighted by atomic mass is 10.1. The Hall–Kier alpha value is -4.22. The first kappa shape index (κ1) is 28.4. The molecule has 0 aliphatic heterocycles. The van der Waals surface area contributed by atoms with Crippen LogP contribution in [-0.4, -0.2) is 32.6 Å². The molecule has 0 saturated heterocycles. The van der Waals surface area contributed by atoms with E-state index >= 15 is 0 Å². The molecule has 38 heavy (non-hydrogen) atoms. The van der Waals surface area contributed by atoms with Gasteiger partial charge in [-0.1, -0.05) is 30.3 Å². The summed E-state index contributed by atoms with van der Waals surface area (Å²) in [6, 6.07) is 13.5. The highest BCUT2D eigenvalue weighted by atomic mass is 19.4. The summed E-state index contributed by atoms with van der Waals surface area (Å²) in [5, 5.41) is 7.13. The molecule has 0 bridgehead atoms. The average molecular weight is 538 g/mol. The quantitative estimate of drug-likeness (QED) is 0.305. The van der Waals surface area contributed by atoms with E-state index in [-0.39, 0.29) is 17.3 Å². The molecule has 3 aromatic rings. The first-order valence-electron chi connectivity index (χ1n) is 11.2. The van der Waals surface area contributed by atoms with Crippen LogP contribution in [0.5, 0.6) is 0 Å². The van der Waals surface area contributed by atoms with Crippen molar-refractivity contribution in [2.45, 2.75) is 18.8 Å². The monoisotopic (exact) mass is 538 g/mol. The van der Waals surface area contributed by atoms with Crippen LogP contribution >= 0.6 is 0 Å². The maximum absolute atomic E-state index is 13.1. The Bertz CT molecular complexity index is 1260. The van der Waals surface area contributed by atoms with Crippen LogP contribution in [0.1, 0.15) is 27.0 Å². The first-order chi connectivity index (χ1) is 17.7. The zero-order valence-corrected chi connectivity index (χ0v) is 20.3. The van der Waals surface area contributed by atoms with Crippen LogP contribution in [0.15, 0.2) is 66.7 Å². The van der Waals surface area contributed by atoms with Gasteiger partial charge < -0.3 is 20.9 Å². The van der Waals surface area contributed by atoms with E-state index in [9.17, 15) is 35.9 Å². The number of nitrogens with one attached hydrogen (secondary N) is 3. The van der Waals surface area contributed by atoms with Crippen LogP contribution in [0.4, 0.5) is 48.2 Å². The van der Waals surface area contributed by atoms with Crippen molar-refractivity contribution >= 4 is 29.0 Å². The SMILES string of the molecule is CN(C)c1ccc(NC(=O)Nc2cc(C(F)(F)F)cc(C(F)(F)F)c2)cc1C(=O)NCCc1ccccc1. The van der Waals surface area contributed by atoms with Gasteiger partial charge in [0.25, 0.3) is 5.91 Å². The molecule has 0 fully saturated rings. The third-order valence-corrected chi connectivity index (χ3v) is 5.37. The summed E-state index contributed by atoms with van der Waals surface area (Å²) in [7, 11) is 3.42. The second kappa shape index (κ2) is 11.4. The number of carbonyl (C=O) groups excluding carboxylic acids is 2. The number of halogens is 6. The molecule has 0 heterocycles. The van der Waals surface area contributed by atoms with E-state index in [2.05, 4.69) is 10.6 Å². The molecule has 202 valence electrons. The highest BCUT2D eigenvalue weighted by Crippen LogP contribution is 2.37. The predicted molar refractivity (Wildman–Crippen MR) is 132 cm³/mol. The van der Waals surface area contributed by atoms with Crippen molar-refractivity contribution in [1.29, 1.82) is 0 Å². The standard InChI is InChI=1S/C26H24F6N4O2/c1-36(2)22-9-8-19(15-21(22)23(37)33-11-10-16-6-4-3-5-7-16)34-24(38)35-20-13-17(25(27,28)29)12-18(14-20)26(30,31)32/h3-9,12-15H,10-11H2,1-2H3,(H,33,37)(H2,34,35,38). The highest BCUT2D eigenvalue weighted by Gasteiger charge is 2.37. The van der Waals surface area contributed by atoms with Gasteiger partial charge in [-0.15, -0.1) is 0 Å². The van der Waals surface area contributed by atoms with Gasteiger partial charge in [0.2, 0.25) is 0 Å². The fourth-order valence-electron chi connectivity index (χ4n) is 3.57. The molecular weight excluding hydrogens is 514 g/mol. The Labute approximate surface area is 214 Å². The number of urea groups is 1. The van der Waals surface area contributed by atoms with Gasteiger partial charge >= 0.3 is 18.4 Å². The third kappa shape index (κ3) is 7.64. The number of rotatable bonds is 7. The molecule has 0 atom stereocenters. The van der Waals surface area contributed by atoms with Gasteiger partial charge in [-0.2, -0.15) is 26.3 Å². The maximum Gasteiger partial charge on any atom is 0.416 e. The number of amides is 3. The molecule has 6 nitrogen and oxygen atoms in total. The van der Waals surface area contributed by atoms with Crippen LogP contribution in [0.3, 0.4) is 0 Å². The number of alkyl halides is 6. The molecule has 0 aliphatic rings. The molecule has 3 amide bonds. The van der Waals surface area contributed by atoms with Crippen LogP contribution < -0.4 is 20.9 Å². The van der Waals surface area contributed by atoms with Crippen molar-refractivity contribution in [3.8, 4) is 0 Å². The van der Waals surface area contributed by atoms with Gasteiger partial charge in [-0.05, 0) is 48.4 Å². The minimum absolute atomic E-state index is 0.0360. The van der Waals surface area contributed by atoms with Crippen LogP contribution in [0, 0.1) is 0 Å². The molecular formula is C26H24F6N4O2. The summed E-state index contributed by atoms with van der Waals surface area (Å²) in [5.74, 6) is -0.429. The van der Waals surface area contributed by atoms with Crippen molar-refractivity contribution in [3.63, 3.8) is 0 Å². The molecule has 3 rings (SSSR count). The Morgan fingerprint density at radius 2 is 1.34 bits per heavy atom. The normalized spacial score (nSPS) is 11.6. The van der Waals surface area contributed by atoms with Gasteiger partial charge in [-0.25, -0.2) is 4.79 Å². The van der Waals surface area contributed by atoms with Gasteiger partial charge in [0.15, 0.2) is 0 Å². The van der Waals surface area contributed by atoms with E-state index in [0.29, 0.717) is 30.8 Å². The number of hydrogen-bond donors (Lipinski definition) is 3. The van der Waals surface area contributed by atoms with Crippen molar-refractivity contribution in [2.75, 3.05) is 36.2 Å². The molecule has 0 radical (unpaired) electrons. The minimum atomic E-state index is -5.06. The fraction of sp³-hybridized carbons (Fsp3) is 0.231. The van der Waals surface area contributed by atoms with Crippen molar-refractivity contribution in [1.82, 2.24) is 5.32 Å². The summed E-state index contributed by atoms with van der Waals surface area (Å²) in [6.07, 6.45) is -9.53. The Morgan fingerprint density at radius 3 is 1.89 bits per heavy atom. The van der Waals surface area contributed by atoms with E-state index < -0.39 is 41.1 Å². The number of hydrogen-bond acceptors (Lipinski definition) is 3. The van der Waals surface area contributed by atoms with Crippen LogP contribution in [0.2, 0.25) is 0 Å². The van der Waals surface area contributed by atoms with Crippen LogP contribution in [-0.2, 0) is 18.8 Å². The van der Waals surface area contributed by atoms with Crippen molar-refractivity contribution in [2.24, 2.45) is 0 Å². The largest absolute Gasteiger partial charge is 0.416 e. The van der Waals surface area contributed by atoms with Gasteiger partial charge in [0, 0.05) is 37.7 Å². The van der Waals surface area contributed by atoms with Gasteiger partial charge in [-0.3, -0.25) is 4.79 Å². The van der Waals surface area contributed by atoms with Crippen LogP contribution in [0.25, 0.3) is 0 Å². The topological polar surface area (TPSA) is 73.5 Å². The molecule has 0 aliphatic carbocycles. The molecule has 3 N–H and O–H groups in total. The smallest absolute Gasteiger partial charge is 0.377 e. The summed E-state index contributed by atoms with van der Waals surface area (Å²) in [4.78, 5) is 27.0. The average Bonchev–Trinajstić information content (AvgIpc) is 2.83. The summed E-state index contributed by atoms with van der Waals surface area (Å²) in [5.41, 5.74) is -1.96. The molecule has 0 unspecified atom stereocenters. The Kier molecular flexibility index (Phi) is 8.54. The molecule has 0 spiro atoms. The molecule has 0 aromatic heterocycles. The lowest BCUT2D eigenvalue weighted by Gasteiger charge is -2.19. The number of carbonyl (C=O) groups is 2. The van der Waals surface area contributed by atoms with E-state index in [4.69, 9.17) is 0 Å². The predicted octanol–water partition coefficient (Wildman–Crippen LogP) is 6.41. The van der Waals surface area contributed by atoms with Crippen molar-refractivity contribution < 1.29 is 35.9 Å². The lowest BCUT2D eigenvalue weighted by molar-refractivity contribution is -0.143. The zero-order valence-electron chi connectivity index (χ0n) is 20.3. The summed E-state index contributed by atoms with van der Waals surface area (Å²) in [6.45, 7) is 0.338. The second-order valence-corrected chi connectivity index (χ2v) is 8.49. The van der Waals surface area contributed by atoms with E-state index in [1.165, 1.54) is 12.1 Å². The lowest BCUT2D eigenvalue weighted by Crippen LogP contribution is -2.28. The van der Waals surface area contributed by atoms with Crippen molar-refractivity contribution in [3.05, 3.63) is 89.0 Å². The number of benzene rings is 3. The zero-order chi connectivity index (χ0) is 28.1. The maximum atomic E-state index is 13.1. The second-order valence-electron chi connectivity index (χ2n) is 8.49. The van der Waals surface area contributed by atoms with Gasteiger partial charge in [0.05, 0.1) is 16.7 Å². The number of anilines is 3. The fourth-order valence-corrected chi connectivity index (χ4v) is 3.57. The first-order valence-corrected chi connectivity index (χ1v) is 11.2. The third-order valence-electron chi connectivity index (χ3n) is 5.37. The molecule has 3 aromatic carbocycles.